The molecule has 3 aromatic rings. The molecule has 160 valence electrons. The number of nitrogens with zero attached hydrogens (tertiary/aromatic N) is 5. The fourth-order valence-corrected chi connectivity index (χ4v) is 3.66. The van der Waals surface area contributed by atoms with Crippen LogP contribution < -0.4 is 10.6 Å². The van der Waals surface area contributed by atoms with Crippen LogP contribution in [-0.2, 0) is 19.4 Å². The Bertz CT molecular complexity index is 958. The number of hydrogen-bond donors (Lipinski definition) is 2. The summed E-state index contributed by atoms with van der Waals surface area (Å²) >= 11 is 0. The molecule has 1 aliphatic rings. The Morgan fingerprint density at radius 3 is 2.73 bits per heavy atom. The standard InChI is InChI=1S/C22H29N7.HI/c1-16(2)29-15-18-7-8-19(13-21(18)27-29)26-22(23-3)24-14-17-5-9-20(10-6-17)28-12-4-11-25-28;/h4-6,9-12,15-16,19H,7-8,13-14H2,1-3H3,(H2,23,24,26);1H. The first-order valence-corrected chi connectivity index (χ1v) is 10.3. The van der Waals surface area contributed by atoms with E-state index >= 15 is 0 Å². The van der Waals surface area contributed by atoms with Crippen LogP contribution in [0.4, 0.5) is 0 Å². The third-order valence-electron chi connectivity index (χ3n) is 5.36. The molecule has 0 saturated heterocycles. The summed E-state index contributed by atoms with van der Waals surface area (Å²) in [6.07, 6.45) is 9.03. The summed E-state index contributed by atoms with van der Waals surface area (Å²) in [6, 6.07) is 11.1. The maximum atomic E-state index is 4.77. The van der Waals surface area contributed by atoms with Crippen LogP contribution in [0.5, 0.6) is 0 Å². The van der Waals surface area contributed by atoms with E-state index in [1.54, 1.807) is 6.20 Å². The highest BCUT2D eigenvalue weighted by Gasteiger charge is 2.22. The van der Waals surface area contributed by atoms with Crippen LogP contribution in [0.15, 0.2) is 53.9 Å². The molecule has 7 nitrogen and oxygen atoms in total. The number of aromatic nitrogens is 4. The van der Waals surface area contributed by atoms with Crippen LogP contribution >= 0.6 is 24.0 Å². The zero-order valence-corrected chi connectivity index (χ0v) is 20.1. The Labute approximate surface area is 195 Å². The monoisotopic (exact) mass is 519 g/mol. The molecule has 1 atom stereocenters. The van der Waals surface area contributed by atoms with Gasteiger partial charge in [0.1, 0.15) is 0 Å². The molecule has 1 aromatic carbocycles. The van der Waals surface area contributed by atoms with Crippen molar-refractivity contribution in [2.24, 2.45) is 4.99 Å². The minimum absolute atomic E-state index is 0. The third-order valence-corrected chi connectivity index (χ3v) is 5.36. The van der Waals surface area contributed by atoms with Gasteiger partial charge in [0.2, 0.25) is 0 Å². The molecule has 0 bridgehead atoms. The van der Waals surface area contributed by atoms with Gasteiger partial charge >= 0.3 is 0 Å². The highest BCUT2D eigenvalue weighted by Crippen LogP contribution is 2.21. The van der Waals surface area contributed by atoms with Crippen LogP contribution in [0.2, 0.25) is 0 Å². The number of nitrogens with one attached hydrogen (secondary N) is 2. The summed E-state index contributed by atoms with van der Waals surface area (Å²) in [7, 11) is 1.82. The van der Waals surface area contributed by atoms with E-state index in [9.17, 15) is 0 Å². The quantitative estimate of drug-likeness (QED) is 0.308. The fraction of sp³-hybridized carbons (Fsp3) is 0.409. The molecule has 0 aliphatic heterocycles. The van der Waals surface area contributed by atoms with E-state index in [-0.39, 0.29) is 24.0 Å². The van der Waals surface area contributed by atoms with Crippen molar-refractivity contribution >= 4 is 29.9 Å². The van der Waals surface area contributed by atoms with Crippen LogP contribution in [0, 0.1) is 0 Å². The van der Waals surface area contributed by atoms with Gasteiger partial charge in [-0.3, -0.25) is 9.67 Å². The van der Waals surface area contributed by atoms with Gasteiger partial charge in [-0.05, 0) is 56.0 Å². The topological polar surface area (TPSA) is 72.1 Å². The van der Waals surface area contributed by atoms with Crippen molar-refractivity contribution in [3.63, 3.8) is 0 Å². The maximum Gasteiger partial charge on any atom is 0.191 e. The second-order valence-electron chi connectivity index (χ2n) is 7.80. The smallest absolute Gasteiger partial charge is 0.191 e. The lowest BCUT2D eigenvalue weighted by atomic mass is 9.94. The molecule has 0 saturated carbocycles. The van der Waals surface area contributed by atoms with Crippen molar-refractivity contribution in [3.05, 3.63) is 65.7 Å². The van der Waals surface area contributed by atoms with Gasteiger partial charge in [0.05, 0.1) is 11.4 Å². The van der Waals surface area contributed by atoms with E-state index in [0.717, 1.165) is 37.5 Å². The van der Waals surface area contributed by atoms with E-state index in [4.69, 9.17) is 5.10 Å². The lowest BCUT2D eigenvalue weighted by molar-refractivity contribution is 0.499. The third kappa shape index (κ3) is 5.21. The van der Waals surface area contributed by atoms with Crippen molar-refractivity contribution in [2.75, 3.05) is 7.05 Å². The summed E-state index contributed by atoms with van der Waals surface area (Å²) < 4.78 is 3.93. The van der Waals surface area contributed by atoms with E-state index < -0.39 is 0 Å². The number of hydrogen-bond acceptors (Lipinski definition) is 3. The Balaban J connectivity index is 0.00000256. The predicted molar refractivity (Wildman–Crippen MR) is 131 cm³/mol. The molecular weight excluding hydrogens is 489 g/mol. The predicted octanol–water partition coefficient (Wildman–Crippen LogP) is 3.49. The van der Waals surface area contributed by atoms with Gasteiger partial charge in [0.15, 0.2) is 5.96 Å². The van der Waals surface area contributed by atoms with Gasteiger partial charge in [0.25, 0.3) is 0 Å². The second-order valence-corrected chi connectivity index (χ2v) is 7.80. The Morgan fingerprint density at radius 1 is 1.27 bits per heavy atom. The van der Waals surface area contributed by atoms with Gasteiger partial charge in [-0.1, -0.05) is 12.1 Å². The molecule has 30 heavy (non-hydrogen) atoms. The van der Waals surface area contributed by atoms with Crippen molar-refractivity contribution in [1.29, 1.82) is 0 Å². The SMILES string of the molecule is CN=C(NCc1ccc(-n2cccn2)cc1)NC1CCc2cn(C(C)C)nc2C1.I. The maximum absolute atomic E-state index is 4.77. The molecule has 0 spiro atoms. The van der Waals surface area contributed by atoms with Crippen molar-refractivity contribution < 1.29 is 0 Å². The average molecular weight is 519 g/mol. The molecule has 0 amide bonds. The molecule has 4 rings (SSSR count). The number of benzene rings is 1. The number of aryl methyl sites for hydroxylation is 1. The lowest BCUT2D eigenvalue weighted by Crippen LogP contribution is -2.45. The normalized spacial score (nSPS) is 16.1. The van der Waals surface area contributed by atoms with E-state index in [1.807, 2.05) is 24.0 Å². The van der Waals surface area contributed by atoms with E-state index in [0.29, 0.717) is 12.1 Å². The zero-order valence-electron chi connectivity index (χ0n) is 17.7. The van der Waals surface area contributed by atoms with Crippen LogP contribution in [0.25, 0.3) is 5.69 Å². The molecule has 0 radical (unpaired) electrons. The summed E-state index contributed by atoms with van der Waals surface area (Å²) in [5.41, 5.74) is 4.86. The van der Waals surface area contributed by atoms with Crippen LogP contribution in [-0.4, -0.2) is 38.6 Å². The van der Waals surface area contributed by atoms with Crippen molar-refractivity contribution in [2.45, 2.75) is 51.7 Å². The Hall–Kier alpha value is -2.36. The van der Waals surface area contributed by atoms with Crippen LogP contribution in [0.1, 0.15) is 43.1 Å². The number of rotatable bonds is 5. The van der Waals surface area contributed by atoms with E-state index in [1.165, 1.54) is 16.8 Å². The number of halogens is 1. The van der Waals surface area contributed by atoms with Gasteiger partial charge in [-0.25, -0.2) is 4.68 Å². The van der Waals surface area contributed by atoms with Gasteiger partial charge < -0.3 is 10.6 Å². The van der Waals surface area contributed by atoms with Crippen molar-refractivity contribution in [1.82, 2.24) is 30.2 Å². The zero-order chi connectivity index (χ0) is 20.2. The fourth-order valence-electron chi connectivity index (χ4n) is 3.66. The Kier molecular flexibility index (Phi) is 7.52. The molecule has 1 unspecified atom stereocenters. The largest absolute Gasteiger partial charge is 0.353 e. The number of guanidine groups is 1. The first-order chi connectivity index (χ1) is 14.1. The summed E-state index contributed by atoms with van der Waals surface area (Å²) in [4.78, 5) is 4.40. The molecule has 0 fully saturated rings. The summed E-state index contributed by atoms with van der Waals surface area (Å²) in [6.45, 7) is 5.06. The highest BCUT2D eigenvalue weighted by atomic mass is 127. The highest BCUT2D eigenvalue weighted by molar-refractivity contribution is 14.0. The number of fused-ring (bicyclic) bond motifs is 1. The minimum Gasteiger partial charge on any atom is -0.353 e. The molecule has 1 aliphatic carbocycles. The van der Waals surface area contributed by atoms with Gasteiger partial charge in [-0.2, -0.15) is 10.2 Å². The first kappa shape index (κ1) is 22.3. The second kappa shape index (κ2) is 10.1. The Morgan fingerprint density at radius 2 is 2.07 bits per heavy atom. The molecule has 2 aromatic heterocycles. The average Bonchev–Trinajstić information content (AvgIpc) is 3.41. The summed E-state index contributed by atoms with van der Waals surface area (Å²) in [5, 5.41) is 16.0. The molecular formula is C22H30IN7. The first-order valence-electron chi connectivity index (χ1n) is 10.3. The molecule has 2 heterocycles. The number of aliphatic imine (C=N–C) groups is 1. The van der Waals surface area contributed by atoms with Gasteiger partial charge in [-0.15, -0.1) is 24.0 Å². The van der Waals surface area contributed by atoms with E-state index in [2.05, 4.69) is 69.7 Å². The molecule has 2 N–H and O–H groups in total. The lowest BCUT2D eigenvalue weighted by Gasteiger charge is -2.24. The van der Waals surface area contributed by atoms with Crippen molar-refractivity contribution in [3.8, 4) is 5.69 Å². The van der Waals surface area contributed by atoms with Crippen LogP contribution in [0.3, 0.4) is 0 Å². The van der Waals surface area contributed by atoms with Gasteiger partial charge in [0, 0.05) is 50.7 Å². The molecule has 8 heteroatoms. The summed E-state index contributed by atoms with van der Waals surface area (Å²) in [5.74, 6) is 0.831. The minimum atomic E-state index is 0.